The van der Waals surface area contributed by atoms with Gasteiger partial charge in [0.25, 0.3) is 0 Å². The maximum atomic E-state index is 12.0. The number of ether oxygens (including phenoxy) is 1. The van der Waals surface area contributed by atoms with E-state index in [1.54, 1.807) is 0 Å². The molecule has 1 heterocycles. The van der Waals surface area contributed by atoms with E-state index in [-0.39, 0.29) is 12.7 Å². The average molecular weight is 286 g/mol. The number of aliphatic hydroxyl groups excluding tert-OH is 1. The molecule has 1 atom stereocenters. The summed E-state index contributed by atoms with van der Waals surface area (Å²) in [5.41, 5.74) is -0.420. The Morgan fingerprint density at radius 3 is 2.70 bits per heavy atom. The molecule has 0 spiro atoms. The monoisotopic (exact) mass is 286 g/mol. The average Bonchev–Trinajstić information content (AvgIpc) is 2.58. The van der Waals surface area contributed by atoms with Crippen LogP contribution in [0.25, 0.3) is 0 Å². The minimum Gasteiger partial charge on any atom is -0.444 e. The second kappa shape index (κ2) is 8.47. The van der Waals surface area contributed by atoms with E-state index in [2.05, 4.69) is 5.32 Å². The molecule has 0 aromatic rings. The number of aliphatic hydroxyl groups is 1. The number of nitrogens with one attached hydrogen (secondary N) is 1. The molecule has 0 aliphatic carbocycles. The van der Waals surface area contributed by atoms with Crippen molar-refractivity contribution < 1.29 is 14.6 Å². The Morgan fingerprint density at radius 1 is 1.30 bits per heavy atom. The minimum absolute atomic E-state index is 0.184. The second-order valence-corrected chi connectivity index (χ2v) is 6.53. The largest absolute Gasteiger partial charge is 0.444 e. The summed E-state index contributed by atoms with van der Waals surface area (Å²) in [7, 11) is 0. The topological polar surface area (TPSA) is 61.8 Å². The molecule has 1 aliphatic rings. The van der Waals surface area contributed by atoms with Gasteiger partial charge in [-0.1, -0.05) is 0 Å². The molecular weight excluding hydrogens is 256 g/mol. The zero-order valence-corrected chi connectivity index (χ0v) is 13.2. The molecule has 1 fully saturated rings. The van der Waals surface area contributed by atoms with Crippen LogP contribution in [0.5, 0.6) is 0 Å². The lowest BCUT2D eigenvalue weighted by atomic mass is 9.97. The van der Waals surface area contributed by atoms with Gasteiger partial charge in [-0.25, -0.2) is 4.79 Å². The number of hydrogen-bond donors (Lipinski definition) is 2. The summed E-state index contributed by atoms with van der Waals surface area (Å²) in [5, 5.41) is 11.9. The van der Waals surface area contributed by atoms with Crippen LogP contribution in [0.3, 0.4) is 0 Å². The van der Waals surface area contributed by atoms with E-state index >= 15 is 0 Å². The normalized spacial score (nSPS) is 20.6. The van der Waals surface area contributed by atoms with Crippen molar-refractivity contribution in [2.24, 2.45) is 5.92 Å². The van der Waals surface area contributed by atoms with E-state index in [1.807, 2.05) is 25.7 Å². The van der Waals surface area contributed by atoms with Gasteiger partial charge in [0.05, 0.1) is 6.61 Å². The summed E-state index contributed by atoms with van der Waals surface area (Å²) < 4.78 is 5.43. The quantitative estimate of drug-likeness (QED) is 0.759. The van der Waals surface area contributed by atoms with Crippen LogP contribution in [0, 0.1) is 5.92 Å². The summed E-state index contributed by atoms with van der Waals surface area (Å²) in [6.07, 6.45) is 4.18. The minimum atomic E-state index is -0.420. The lowest BCUT2D eigenvalue weighted by Crippen LogP contribution is -2.37. The Bertz CT molecular complexity index is 289. The van der Waals surface area contributed by atoms with Crippen molar-refractivity contribution in [2.75, 3.05) is 32.8 Å². The SMILES string of the molecule is CC(C)(C)OC(=O)N1CCCC(CCNCCO)CC1. The van der Waals surface area contributed by atoms with Crippen LogP contribution >= 0.6 is 0 Å². The van der Waals surface area contributed by atoms with E-state index in [9.17, 15) is 4.79 Å². The molecule has 1 rings (SSSR count). The highest BCUT2D eigenvalue weighted by Gasteiger charge is 2.24. The summed E-state index contributed by atoms with van der Waals surface area (Å²) in [6.45, 7) is 9.09. The van der Waals surface area contributed by atoms with Gasteiger partial charge in [-0.15, -0.1) is 0 Å². The lowest BCUT2D eigenvalue weighted by Gasteiger charge is -2.26. The van der Waals surface area contributed by atoms with Crippen molar-refractivity contribution in [1.82, 2.24) is 10.2 Å². The first-order valence-corrected chi connectivity index (χ1v) is 7.72. The Balaban J connectivity index is 2.30. The van der Waals surface area contributed by atoms with E-state index in [4.69, 9.17) is 9.84 Å². The Morgan fingerprint density at radius 2 is 2.05 bits per heavy atom. The smallest absolute Gasteiger partial charge is 0.410 e. The van der Waals surface area contributed by atoms with Crippen LogP contribution in [-0.2, 0) is 4.74 Å². The van der Waals surface area contributed by atoms with Gasteiger partial charge in [0, 0.05) is 19.6 Å². The molecule has 0 saturated carbocycles. The number of amides is 1. The zero-order chi connectivity index (χ0) is 15.0. The molecule has 118 valence electrons. The van der Waals surface area contributed by atoms with Crippen LogP contribution in [0.4, 0.5) is 4.79 Å². The number of rotatable bonds is 5. The maximum absolute atomic E-state index is 12.0. The van der Waals surface area contributed by atoms with Crippen molar-refractivity contribution >= 4 is 6.09 Å². The van der Waals surface area contributed by atoms with E-state index < -0.39 is 5.60 Å². The molecule has 0 bridgehead atoms. The van der Waals surface area contributed by atoms with Crippen LogP contribution < -0.4 is 5.32 Å². The summed E-state index contributed by atoms with van der Waals surface area (Å²) in [5.74, 6) is 0.661. The van der Waals surface area contributed by atoms with Crippen LogP contribution in [0.15, 0.2) is 0 Å². The van der Waals surface area contributed by atoms with Crippen LogP contribution in [-0.4, -0.2) is 54.5 Å². The molecule has 1 unspecified atom stereocenters. The Labute approximate surface area is 122 Å². The highest BCUT2D eigenvalue weighted by Crippen LogP contribution is 2.21. The third-order valence-electron chi connectivity index (χ3n) is 3.52. The number of nitrogens with zero attached hydrogens (tertiary/aromatic N) is 1. The Hall–Kier alpha value is -0.810. The zero-order valence-electron chi connectivity index (χ0n) is 13.2. The molecule has 1 amide bonds. The van der Waals surface area contributed by atoms with E-state index in [1.165, 1.54) is 6.42 Å². The fourth-order valence-electron chi connectivity index (χ4n) is 2.47. The molecule has 0 radical (unpaired) electrons. The van der Waals surface area contributed by atoms with Gasteiger partial charge in [0.15, 0.2) is 0 Å². The standard InChI is InChI=1S/C15H30N2O3/c1-15(2,3)20-14(19)17-10-4-5-13(7-11-17)6-8-16-9-12-18/h13,16,18H,4-12H2,1-3H3. The molecule has 20 heavy (non-hydrogen) atoms. The Kier molecular flexibility index (Phi) is 7.30. The first-order chi connectivity index (χ1) is 9.42. The molecule has 5 heteroatoms. The van der Waals surface area contributed by atoms with Gasteiger partial charge >= 0.3 is 6.09 Å². The first-order valence-electron chi connectivity index (χ1n) is 7.72. The van der Waals surface area contributed by atoms with Crippen molar-refractivity contribution in [3.05, 3.63) is 0 Å². The summed E-state index contributed by atoms with van der Waals surface area (Å²) in [4.78, 5) is 13.9. The number of hydrogen-bond acceptors (Lipinski definition) is 4. The maximum Gasteiger partial charge on any atom is 0.410 e. The predicted molar refractivity (Wildman–Crippen MR) is 79.7 cm³/mol. The van der Waals surface area contributed by atoms with Crippen molar-refractivity contribution in [3.63, 3.8) is 0 Å². The number of carbonyl (C=O) groups excluding carboxylic acids is 1. The van der Waals surface area contributed by atoms with Gasteiger partial charge in [0.2, 0.25) is 0 Å². The van der Waals surface area contributed by atoms with Crippen molar-refractivity contribution in [2.45, 2.75) is 52.1 Å². The first kappa shape index (κ1) is 17.2. The fourth-order valence-corrected chi connectivity index (χ4v) is 2.47. The third-order valence-corrected chi connectivity index (χ3v) is 3.52. The van der Waals surface area contributed by atoms with Gasteiger partial charge in [-0.3, -0.25) is 0 Å². The van der Waals surface area contributed by atoms with E-state index in [0.29, 0.717) is 12.5 Å². The van der Waals surface area contributed by atoms with Gasteiger partial charge < -0.3 is 20.1 Å². The van der Waals surface area contributed by atoms with Gasteiger partial charge in [-0.2, -0.15) is 0 Å². The second-order valence-electron chi connectivity index (χ2n) is 6.53. The molecule has 2 N–H and O–H groups in total. The summed E-state index contributed by atoms with van der Waals surface area (Å²) >= 11 is 0. The lowest BCUT2D eigenvalue weighted by molar-refractivity contribution is 0.0255. The molecule has 0 aromatic heterocycles. The number of likely N-dealkylation sites (tertiary alicyclic amines) is 1. The highest BCUT2D eigenvalue weighted by atomic mass is 16.6. The van der Waals surface area contributed by atoms with Crippen LogP contribution in [0.2, 0.25) is 0 Å². The van der Waals surface area contributed by atoms with Crippen molar-refractivity contribution in [1.29, 1.82) is 0 Å². The van der Waals surface area contributed by atoms with Gasteiger partial charge in [0.1, 0.15) is 5.60 Å². The highest BCUT2D eigenvalue weighted by molar-refractivity contribution is 5.68. The fraction of sp³-hybridized carbons (Fsp3) is 0.933. The third kappa shape index (κ3) is 7.10. The predicted octanol–water partition coefficient (Wildman–Crippen LogP) is 2.00. The summed E-state index contributed by atoms with van der Waals surface area (Å²) in [6, 6.07) is 0. The number of carbonyl (C=O) groups is 1. The molecule has 0 aromatic carbocycles. The molecule has 1 aliphatic heterocycles. The van der Waals surface area contributed by atoms with E-state index in [0.717, 1.165) is 38.9 Å². The van der Waals surface area contributed by atoms with Crippen molar-refractivity contribution in [3.8, 4) is 0 Å². The van der Waals surface area contributed by atoms with Gasteiger partial charge in [-0.05, 0) is 58.9 Å². The molecule has 5 nitrogen and oxygen atoms in total. The molecular formula is C15H30N2O3. The van der Waals surface area contributed by atoms with Crippen LogP contribution in [0.1, 0.15) is 46.5 Å². The molecule has 1 saturated heterocycles.